The first-order valence-corrected chi connectivity index (χ1v) is 6.72. The highest BCUT2D eigenvalue weighted by Crippen LogP contribution is 2.29. The molecule has 0 saturated carbocycles. The molecule has 2 aromatic rings. The van der Waals surface area contributed by atoms with Crippen molar-refractivity contribution in [3.8, 4) is 11.5 Å². The normalized spacial score (nSPS) is 12.3. The van der Waals surface area contributed by atoms with Crippen LogP contribution in [0, 0.1) is 0 Å². The van der Waals surface area contributed by atoms with Gasteiger partial charge in [0.25, 0.3) is 0 Å². The van der Waals surface area contributed by atoms with Gasteiger partial charge in [-0.3, -0.25) is 0 Å². The SMILES string of the molecule is COc1cccc(CN[C@H](C)c2cccs2)c1O. The van der Waals surface area contributed by atoms with Gasteiger partial charge in [0.1, 0.15) is 0 Å². The van der Waals surface area contributed by atoms with Crippen molar-refractivity contribution in [3.63, 3.8) is 0 Å². The third kappa shape index (κ3) is 2.83. The fourth-order valence-corrected chi connectivity index (χ4v) is 2.54. The van der Waals surface area contributed by atoms with Gasteiger partial charge in [-0.25, -0.2) is 0 Å². The number of benzene rings is 1. The summed E-state index contributed by atoms with van der Waals surface area (Å²) in [5.41, 5.74) is 0.845. The van der Waals surface area contributed by atoms with Crippen LogP contribution in [0.1, 0.15) is 23.4 Å². The molecule has 0 unspecified atom stereocenters. The molecule has 3 nitrogen and oxygen atoms in total. The molecule has 0 aliphatic heterocycles. The molecule has 0 fully saturated rings. The summed E-state index contributed by atoms with van der Waals surface area (Å²) in [5, 5.41) is 15.4. The Bertz CT molecular complexity index is 497. The molecule has 0 aliphatic rings. The molecule has 18 heavy (non-hydrogen) atoms. The monoisotopic (exact) mass is 263 g/mol. The lowest BCUT2D eigenvalue weighted by atomic mass is 10.1. The fraction of sp³-hybridized carbons (Fsp3) is 0.286. The van der Waals surface area contributed by atoms with E-state index in [1.807, 2.05) is 18.2 Å². The van der Waals surface area contributed by atoms with Crippen LogP contribution in [-0.4, -0.2) is 12.2 Å². The number of phenolic OH excluding ortho intramolecular Hbond substituents is 1. The summed E-state index contributed by atoms with van der Waals surface area (Å²) in [6.07, 6.45) is 0. The lowest BCUT2D eigenvalue weighted by Gasteiger charge is -2.14. The summed E-state index contributed by atoms with van der Waals surface area (Å²) in [4.78, 5) is 1.29. The van der Waals surface area contributed by atoms with E-state index >= 15 is 0 Å². The second-order valence-electron chi connectivity index (χ2n) is 4.09. The number of rotatable bonds is 5. The van der Waals surface area contributed by atoms with Crippen LogP contribution >= 0.6 is 11.3 Å². The van der Waals surface area contributed by atoms with E-state index in [-0.39, 0.29) is 11.8 Å². The van der Waals surface area contributed by atoms with Gasteiger partial charge >= 0.3 is 0 Å². The van der Waals surface area contributed by atoms with Crippen LogP contribution in [0.4, 0.5) is 0 Å². The van der Waals surface area contributed by atoms with Crippen molar-refractivity contribution in [2.45, 2.75) is 19.5 Å². The second-order valence-corrected chi connectivity index (χ2v) is 5.07. The number of para-hydroxylation sites is 1. The molecule has 0 amide bonds. The van der Waals surface area contributed by atoms with Gasteiger partial charge in [-0.15, -0.1) is 11.3 Å². The maximum absolute atomic E-state index is 9.97. The zero-order valence-electron chi connectivity index (χ0n) is 10.5. The molecule has 2 N–H and O–H groups in total. The van der Waals surface area contributed by atoms with E-state index in [0.717, 1.165) is 5.56 Å². The standard InChI is InChI=1S/C14H17NO2S/c1-10(13-7-4-8-18-13)15-9-11-5-3-6-12(17-2)14(11)16/h3-8,10,15-16H,9H2,1-2H3/t10-/m1/s1. The predicted molar refractivity (Wildman–Crippen MR) is 74.2 cm³/mol. The third-order valence-corrected chi connectivity index (χ3v) is 3.93. The third-order valence-electron chi connectivity index (χ3n) is 2.87. The number of nitrogens with one attached hydrogen (secondary N) is 1. The van der Waals surface area contributed by atoms with Gasteiger partial charge in [-0.05, 0) is 24.4 Å². The van der Waals surface area contributed by atoms with Crippen molar-refractivity contribution in [2.75, 3.05) is 7.11 Å². The summed E-state index contributed by atoms with van der Waals surface area (Å²) >= 11 is 1.73. The summed E-state index contributed by atoms with van der Waals surface area (Å²) < 4.78 is 5.09. The van der Waals surface area contributed by atoms with Crippen molar-refractivity contribution in [1.82, 2.24) is 5.32 Å². The van der Waals surface area contributed by atoms with Gasteiger partial charge < -0.3 is 15.2 Å². The minimum atomic E-state index is 0.214. The number of methoxy groups -OCH3 is 1. The lowest BCUT2D eigenvalue weighted by molar-refractivity contribution is 0.369. The maximum atomic E-state index is 9.97. The summed E-state index contributed by atoms with van der Waals surface area (Å²) in [6.45, 7) is 2.73. The number of thiophene rings is 1. The molecule has 0 bridgehead atoms. The molecule has 1 atom stereocenters. The zero-order chi connectivity index (χ0) is 13.0. The average molecular weight is 263 g/mol. The fourth-order valence-electron chi connectivity index (χ4n) is 1.78. The minimum absolute atomic E-state index is 0.214. The van der Waals surface area contributed by atoms with E-state index < -0.39 is 0 Å². The molecule has 1 heterocycles. The molecule has 0 saturated heterocycles. The average Bonchev–Trinajstić information content (AvgIpc) is 2.91. The minimum Gasteiger partial charge on any atom is -0.504 e. The van der Waals surface area contributed by atoms with Crippen LogP contribution in [0.15, 0.2) is 35.7 Å². The Morgan fingerprint density at radius 2 is 2.17 bits per heavy atom. The molecule has 96 valence electrons. The van der Waals surface area contributed by atoms with Crippen molar-refractivity contribution in [3.05, 3.63) is 46.2 Å². The topological polar surface area (TPSA) is 41.5 Å². The van der Waals surface area contributed by atoms with Crippen molar-refractivity contribution < 1.29 is 9.84 Å². The summed E-state index contributed by atoms with van der Waals surface area (Å²) in [5.74, 6) is 0.726. The molecule has 0 aliphatic carbocycles. The molecule has 1 aromatic carbocycles. The van der Waals surface area contributed by atoms with Gasteiger partial charge in [0.2, 0.25) is 0 Å². The van der Waals surface area contributed by atoms with E-state index in [2.05, 4.69) is 23.7 Å². The van der Waals surface area contributed by atoms with Crippen LogP contribution < -0.4 is 10.1 Å². The van der Waals surface area contributed by atoms with E-state index in [0.29, 0.717) is 12.3 Å². The Labute approximate surface area is 111 Å². The van der Waals surface area contributed by atoms with Crippen molar-refractivity contribution in [1.29, 1.82) is 0 Å². The smallest absolute Gasteiger partial charge is 0.162 e. The van der Waals surface area contributed by atoms with Crippen molar-refractivity contribution in [2.24, 2.45) is 0 Å². The number of aromatic hydroxyl groups is 1. The molecule has 2 rings (SSSR count). The Kier molecular flexibility index (Phi) is 4.23. The number of phenols is 1. The molecule has 0 radical (unpaired) electrons. The Morgan fingerprint density at radius 3 is 2.83 bits per heavy atom. The predicted octanol–water partition coefficient (Wildman–Crippen LogP) is 3.31. The summed E-state index contributed by atoms with van der Waals surface area (Å²) in [7, 11) is 1.56. The van der Waals surface area contributed by atoms with Gasteiger partial charge in [0, 0.05) is 23.0 Å². The molecule has 1 aromatic heterocycles. The van der Waals surface area contributed by atoms with E-state index in [1.54, 1.807) is 24.5 Å². The molecular weight excluding hydrogens is 246 g/mol. The lowest BCUT2D eigenvalue weighted by Crippen LogP contribution is -2.17. The first-order chi connectivity index (χ1) is 8.72. The van der Waals surface area contributed by atoms with Gasteiger partial charge in [-0.2, -0.15) is 0 Å². The quantitative estimate of drug-likeness (QED) is 0.869. The Balaban J connectivity index is 2.02. The van der Waals surface area contributed by atoms with Crippen LogP contribution in [0.5, 0.6) is 11.5 Å². The van der Waals surface area contributed by atoms with Crippen LogP contribution in [0.2, 0.25) is 0 Å². The number of ether oxygens (including phenoxy) is 1. The highest BCUT2D eigenvalue weighted by molar-refractivity contribution is 7.10. The maximum Gasteiger partial charge on any atom is 0.162 e. The van der Waals surface area contributed by atoms with Gasteiger partial charge in [-0.1, -0.05) is 18.2 Å². The highest BCUT2D eigenvalue weighted by atomic mass is 32.1. The van der Waals surface area contributed by atoms with E-state index in [9.17, 15) is 5.11 Å². The molecule has 0 spiro atoms. The first-order valence-electron chi connectivity index (χ1n) is 5.84. The Morgan fingerprint density at radius 1 is 1.33 bits per heavy atom. The van der Waals surface area contributed by atoms with Crippen LogP contribution in [0.3, 0.4) is 0 Å². The zero-order valence-corrected chi connectivity index (χ0v) is 11.3. The molecular formula is C14H17NO2S. The van der Waals surface area contributed by atoms with E-state index in [4.69, 9.17) is 4.74 Å². The van der Waals surface area contributed by atoms with Gasteiger partial charge in [0.15, 0.2) is 11.5 Å². The Hall–Kier alpha value is -1.52. The number of hydrogen-bond acceptors (Lipinski definition) is 4. The molecule has 4 heteroatoms. The first kappa shape index (κ1) is 12.9. The van der Waals surface area contributed by atoms with E-state index in [1.165, 1.54) is 4.88 Å². The summed E-state index contributed by atoms with van der Waals surface area (Å²) in [6, 6.07) is 9.95. The van der Waals surface area contributed by atoms with Crippen molar-refractivity contribution >= 4 is 11.3 Å². The van der Waals surface area contributed by atoms with Crippen LogP contribution in [0.25, 0.3) is 0 Å². The highest BCUT2D eigenvalue weighted by Gasteiger charge is 2.10. The van der Waals surface area contributed by atoms with Gasteiger partial charge in [0.05, 0.1) is 7.11 Å². The second kappa shape index (κ2) is 5.89. The van der Waals surface area contributed by atoms with Crippen LogP contribution in [-0.2, 0) is 6.54 Å². The number of hydrogen-bond donors (Lipinski definition) is 2. The largest absolute Gasteiger partial charge is 0.504 e.